The van der Waals surface area contributed by atoms with Crippen LogP contribution in [0.1, 0.15) is 11.6 Å². The summed E-state index contributed by atoms with van der Waals surface area (Å²) in [5.74, 6) is -4.10. The number of phenols is 2. The maximum atomic E-state index is 13.5. The molecular formula is C10H9F2NO4. The Hall–Kier alpha value is -2.05. The normalized spacial score (nSPS) is 22.7. The average Bonchev–Trinajstić information content (AvgIpc) is 2.23. The Kier molecular flexibility index (Phi) is 2.53. The summed E-state index contributed by atoms with van der Waals surface area (Å²) in [4.78, 5) is 10.9. The molecule has 7 heteroatoms. The highest BCUT2D eigenvalue weighted by atomic mass is 19.3. The van der Waals surface area contributed by atoms with E-state index in [0.717, 1.165) is 18.2 Å². The van der Waals surface area contributed by atoms with E-state index in [1.807, 2.05) is 5.32 Å². The summed E-state index contributed by atoms with van der Waals surface area (Å²) in [5.41, 5.74) is -0.176. The minimum atomic E-state index is -3.33. The number of nitrogens with one attached hydrogen (secondary N) is 1. The highest BCUT2D eigenvalue weighted by molar-refractivity contribution is 5.69. The minimum absolute atomic E-state index is 0.176. The largest absolute Gasteiger partial charge is 0.508 e. The number of alkyl carbamates (subject to hydrolysis) is 1. The zero-order chi connectivity index (χ0) is 12.6. The van der Waals surface area contributed by atoms with Gasteiger partial charge in [0.25, 0.3) is 0 Å². The second kappa shape index (κ2) is 3.76. The zero-order valence-corrected chi connectivity index (χ0v) is 8.48. The Balaban J connectivity index is 2.39. The summed E-state index contributed by atoms with van der Waals surface area (Å²) < 4.78 is 31.2. The van der Waals surface area contributed by atoms with Gasteiger partial charge in [-0.1, -0.05) is 0 Å². The van der Waals surface area contributed by atoms with Gasteiger partial charge in [-0.2, -0.15) is 0 Å². The molecule has 1 aromatic rings. The number of aromatic hydroxyl groups is 2. The Morgan fingerprint density at radius 1 is 1.41 bits per heavy atom. The van der Waals surface area contributed by atoms with Crippen LogP contribution in [0, 0.1) is 0 Å². The van der Waals surface area contributed by atoms with Crippen molar-refractivity contribution in [2.24, 2.45) is 0 Å². The summed E-state index contributed by atoms with van der Waals surface area (Å²) in [5, 5.41) is 20.5. The summed E-state index contributed by atoms with van der Waals surface area (Å²) >= 11 is 0. The van der Waals surface area contributed by atoms with Gasteiger partial charge in [0.05, 0.1) is 0 Å². The lowest BCUT2D eigenvalue weighted by molar-refractivity contribution is -0.104. The predicted octanol–water partition coefficient (Wildman–Crippen LogP) is 1.51. The van der Waals surface area contributed by atoms with Crippen LogP contribution < -0.4 is 5.32 Å². The number of amides is 1. The van der Waals surface area contributed by atoms with Gasteiger partial charge < -0.3 is 20.3 Å². The van der Waals surface area contributed by atoms with Crippen molar-refractivity contribution >= 4 is 6.09 Å². The maximum Gasteiger partial charge on any atom is 0.408 e. The molecule has 0 saturated carbocycles. The van der Waals surface area contributed by atoms with Gasteiger partial charge in [-0.3, -0.25) is 0 Å². The van der Waals surface area contributed by atoms with E-state index >= 15 is 0 Å². The Bertz CT molecular complexity index is 464. The first-order chi connectivity index (χ1) is 7.90. The number of phenolic OH excluding ortho intramolecular Hbond substituents is 2. The molecule has 0 aromatic heterocycles. The molecule has 1 heterocycles. The topological polar surface area (TPSA) is 78.8 Å². The molecule has 1 atom stereocenters. The maximum absolute atomic E-state index is 13.5. The van der Waals surface area contributed by atoms with E-state index in [-0.39, 0.29) is 11.3 Å². The standard InChI is InChI=1S/C10H9F2NO4/c11-10(12)4-17-9(16)13-8(10)6-2-1-5(14)3-7(6)15/h1-3,8,14-15H,4H2,(H,13,16)/t8-/m0/s1. The summed E-state index contributed by atoms with van der Waals surface area (Å²) in [6.07, 6.45) is -0.978. The number of cyclic esters (lactones) is 1. The molecule has 1 fully saturated rings. The zero-order valence-electron chi connectivity index (χ0n) is 8.48. The van der Waals surface area contributed by atoms with E-state index in [4.69, 9.17) is 5.11 Å². The monoisotopic (exact) mass is 245 g/mol. The summed E-state index contributed by atoms with van der Waals surface area (Å²) in [7, 11) is 0. The Labute approximate surface area is 94.6 Å². The van der Waals surface area contributed by atoms with E-state index in [1.54, 1.807) is 0 Å². The van der Waals surface area contributed by atoms with Crippen molar-refractivity contribution in [2.45, 2.75) is 12.0 Å². The molecule has 0 unspecified atom stereocenters. The molecule has 0 spiro atoms. The molecule has 0 bridgehead atoms. The van der Waals surface area contributed by atoms with Crippen LogP contribution in [0.15, 0.2) is 18.2 Å². The van der Waals surface area contributed by atoms with Gasteiger partial charge in [-0.15, -0.1) is 0 Å². The van der Waals surface area contributed by atoms with Gasteiger partial charge in [-0.25, -0.2) is 13.6 Å². The molecule has 92 valence electrons. The highest BCUT2D eigenvalue weighted by Gasteiger charge is 2.47. The van der Waals surface area contributed by atoms with Crippen molar-refractivity contribution < 1.29 is 28.5 Å². The molecule has 0 aliphatic carbocycles. The average molecular weight is 245 g/mol. The van der Waals surface area contributed by atoms with Crippen LogP contribution in [0.2, 0.25) is 0 Å². The van der Waals surface area contributed by atoms with E-state index in [0.29, 0.717) is 0 Å². The Morgan fingerprint density at radius 3 is 2.76 bits per heavy atom. The van der Waals surface area contributed by atoms with Gasteiger partial charge in [-0.05, 0) is 12.1 Å². The first kappa shape index (κ1) is 11.4. The molecule has 1 aliphatic heterocycles. The Morgan fingerprint density at radius 2 is 2.12 bits per heavy atom. The van der Waals surface area contributed by atoms with Crippen molar-refractivity contribution in [3.63, 3.8) is 0 Å². The van der Waals surface area contributed by atoms with Crippen molar-refractivity contribution in [1.82, 2.24) is 5.32 Å². The molecule has 1 saturated heterocycles. The summed E-state index contributed by atoms with van der Waals surface area (Å²) in [6, 6.07) is 1.51. The lowest BCUT2D eigenvalue weighted by Crippen LogP contribution is -2.49. The molecular weight excluding hydrogens is 236 g/mol. The van der Waals surface area contributed by atoms with Crippen molar-refractivity contribution in [3.05, 3.63) is 23.8 Å². The third-order valence-electron chi connectivity index (χ3n) is 2.41. The summed E-state index contributed by atoms with van der Waals surface area (Å²) in [6.45, 7) is -1.05. The van der Waals surface area contributed by atoms with E-state index < -0.39 is 30.4 Å². The lowest BCUT2D eigenvalue weighted by Gasteiger charge is -2.32. The SMILES string of the molecule is O=C1N[C@@H](c2ccc(O)cc2O)C(F)(F)CO1. The third kappa shape index (κ3) is 2.08. The number of halogens is 2. The number of carbonyl (C=O) groups excluding carboxylic acids is 1. The molecule has 1 amide bonds. The van der Waals surface area contributed by atoms with Crippen molar-refractivity contribution in [2.75, 3.05) is 6.61 Å². The van der Waals surface area contributed by atoms with Crippen LogP contribution in [0.5, 0.6) is 11.5 Å². The smallest absolute Gasteiger partial charge is 0.408 e. The third-order valence-corrected chi connectivity index (χ3v) is 2.41. The second-order valence-corrected chi connectivity index (χ2v) is 3.66. The quantitative estimate of drug-likeness (QED) is 0.700. The number of benzene rings is 1. The number of hydrogen-bond acceptors (Lipinski definition) is 4. The van der Waals surface area contributed by atoms with Gasteiger partial charge in [0, 0.05) is 11.6 Å². The first-order valence-electron chi connectivity index (χ1n) is 4.73. The molecule has 2 rings (SSSR count). The van der Waals surface area contributed by atoms with E-state index in [9.17, 15) is 18.7 Å². The van der Waals surface area contributed by atoms with Gasteiger partial charge in [0.2, 0.25) is 0 Å². The highest BCUT2D eigenvalue weighted by Crippen LogP contribution is 2.39. The van der Waals surface area contributed by atoms with Crippen LogP contribution >= 0.6 is 0 Å². The van der Waals surface area contributed by atoms with Gasteiger partial charge in [0.1, 0.15) is 17.5 Å². The van der Waals surface area contributed by atoms with Crippen LogP contribution in [-0.4, -0.2) is 28.8 Å². The van der Waals surface area contributed by atoms with Gasteiger partial charge in [0.15, 0.2) is 6.61 Å². The molecule has 0 radical (unpaired) electrons. The van der Waals surface area contributed by atoms with Crippen LogP contribution in [0.4, 0.5) is 13.6 Å². The predicted molar refractivity (Wildman–Crippen MR) is 51.9 cm³/mol. The number of ether oxygens (including phenoxy) is 1. The molecule has 17 heavy (non-hydrogen) atoms. The van der Waals surface area contributed by atoms with Crippen molar-refractivity contribution in [3.8, 4) is 11.5 Å². The number of alkyl halides is 2. The number of rotatable bonds is 1. The lowest BCUT2D eigenvalue weighted by atomic mass is 9.99. The van der Waals surface area contributed by atoms with Crippen LogP contribution in [0.25, 0.3) is 0 Å². The first-order valence-corrected chi connectivity index (χ1v) is 4.73. The fourth-order valence-corrected chi connectivity index (χ4v) is 1.59. The molecule has 1 aromatic carbocycles. The fourth-order valence-electron chi connectivity index (χ4n) is 1.59. The minimum Gasteiger partial charge on any atom is -0.508 e. The number of carbonyl (C=O) groups is 1. The van der Waals surface area contributed by atoms with E-state index in [1.165, 1.54) is 0 Å². The number of hydrogen-bond donors (Lipinski definition) is 3. The molecule has 1 aliphatic rings. The molecule has 5 nitrogen and oxygen atoms in total. The molecule has 3 N–H and O–H groups in total. The van der Waals surface area contributed by atoms with Crippen LogP contribution in [0.3, 0.4) is 0 Å². The van der Waals surface area contributed by atoms with Crippen molar-refractivity contribution in [1.29, 1.82) is 0 Å². The van der Waals surface area contributed by atoms with Crippen LogP contribution in [-0.2, 0) is 4.74 Å². The van der Waals surface area contributed by atoms with E-state index in [2.05, 4.69) is 4.74 Å². The van der Waals surface area contributed by atoms with Gasteiger partial charge >= 0.3 is 12.0 Å². The fraction of sp³-hybridized carbons (Fsp3) is 0.300. The second-order valence-electron chi connectivity index (χ2n) is 3.66.